The third kappa shape index (κ3) is 1.87. The van der Waals surface area contributed by atoms with Gasteiger partial charge >= 0.3 is 0 Å². The van der Waals surface area contributed by atoms with Crippen molar-refractivity contribution >= 4 is 12.2 Å². The molecule has 14 heavy (non-hydrogen) atoms. The summed E-state index contributed by atoms with van der Waals surface area (Å²) in [5, 5.41) is 0. The highest BCUT2D eigenvalue weighted by molar-refractivity contribution is 5.71. The SMILES string of the molecule is C=Cc1c(C)ccc(OC)c1/C=C\C. The van der Waals surface area contributed by atoms with E-state index in [1.165, 1.54) is 5.56 Å². The standard InChI is InChI=1S/C13H16O/c1-5-7-12-11(6-2)10(3)8-9-13(12)14-4/h5-9H,2H2,1,3-4H3/b7-5-. The van der Waals surface area contributed by atoms with Gasteiger partial charge in [0.25, 0.3) is 0 Å². The Morgan fingerprint density at radius 2 is 2.00 bits per heavy atom. The van der Waals surface area contributed by atoms with Crippen LogP contribution in [-0.2, 0) is 0 Å². The van der Waals surface area contributed by atoms with Crippen molar-refractivity contribution in [3.63, 3.8) is 0 Å². The van der Waals surface area contributed by atoms with Gasteiger partial charge in [-0.25, -0.2) is 0 Å². The second-order valence-electron chi connectivity index (χ2n) is 3.12. The van der Waals surface area contributed by atoms with Crippen molar-refractivity contribution in [1.29, 1.82) is 0 Å². The predicted molar refractivity (Wildman–Crippen MR) is 62.5 cm³/mol. The van der Waals surface area contributed by atoms with Gasteiger partial charge in [0.05, 0.1) is 7.11 Å². The fourth-order valence-corrected chi connectivity index (χ4v) is 1.51. The fourth-order valence-electron chi connectivity index (χ4n) is 1.51. The predicted octanol–water partition coefficient (Wildman–Crippen LogP) is 3.68. The van der Waals surface area contributed by atoms with Gasteiger partial charge in [-0.05, 0) is 31.0 Å². The van der Waals surface area contributed by atoms with Crippen molar-refractivity contribution < 1.29 is 4.74 Å². The molecule has 0 bridgehead atoms. The average Bonchev–Trinajstić information content (AvgIpc) is 2.19. The Morgan fingerprint density at radius 3 is 2.50 bits per heavy atom. The Balaban J connectivity index is 3.43. The second kappa shape index (κ2) is 4.66. The third-order valence-corrected chi connectivity index (χ3v) is 2.22. The molecule has 0 saturated heterocycles. The lowest BCUT2D eigenvalue weighted by Gasteiger charge is -2.10. The molecule has 1 rings (SSSR count). The Labute approximate surface area is 85.7 Å². The molecule has 1 heteroatoms. The van der Waals surface area contributed by atoms with Crippen molar-refractivity contribution in [1.82, 2.24) is 0 Å². The smallest absolute Gasteiger partial charge is 0.126 e. The van der Waals surface area contributed by atoms with E-state index in [9.17, 15) is 0 Å². The van der Waals surface area contributed by atoms with E-state index in [2.05, 4.69) is 13.5 Å². The van der Waals surface area contributed by atoms with E-state index < -0.39 is 0 Å². The van der Waals surface area contributed by atoms with Gasteiger partial charge in [0.2, 0.25) is 0 Å². The minimum absolute atomic E-state index is 0.892. The highest BCUT2D eigenvalue weighted by Crippen LogP contribution is 2.27. The molecular formula is C13H16O. The Hall–Kier alpha value is -1.50. The number of rotatable bonds is 3. The maximum Gasteiger partial charge on any atom is 0.126 e. The van der Waals surface area contributed by atoms with E-state index in [0.29, 0.717) is 0 Å². The zero-order valence-corrected chi connectivity index (χ0v) is 9.00. The van der Waals surface area contributed by atoms with Crippen LogP contribution in [0.4, 0.5) is 0 Å². The summed E-state index contributed by atoms with van der Waals surface area (Å²) in [4.78, 5) is 0. The maximum atomic E-state index is 5.30. The molecule has 0 fully saturated rings. The maximum absolute atomic E-state index is 5.30. The van der Waals surface area contributed by atoms with Crippen LogP contribution < -0.4 is 4.74 Å². The highest BCUT2D eigenvalue weighted by Gasteiger charge is 2.05. The van der Waals surface area contributed by atoms with Gasteiger partial charge in [0.1, 0.15) is 5.75 Å². The van der Waals surface area contributed by atoms with Gasteiger partial charge in [0, 0.05) is 5.56 Å². The Bertz CT molecular complexity index is 362. The number of allylic oxidation sites excluding steroid dienone is 1. The Kier molecular flexibility index (Phi) is 3.52. The summed E-state index contributed by atoms with van der Waals surface area (Å²) in [5.74, 6) is 0.892. The van der Waals surface area contributed by atoms with E-state index in [-0.39, 0.29) is 0 Å². The zero-order valence-electron chi connectivity index (χ0n) is 9.00. The molecule has 0 atom stereocenters. The quantitative estimate of drug-likeness (QED) is 0.703. The molecule has 0 unspecified atom stereocenters. The van der Waals surface area contributed by atoms with Crippen LogP contribution in [0.3, 0.4) is 0 Å². The molecule has 0 aliphatic heterocycles. The molecule has 74 valence electrons. The topological polar surface area (TPSA) is 9.23 Å². The van der Waals surface area contributed by atoms with Crippen LogP contribution in [0.5, 0.6) is 5.75 Å². The van der Waals surface area contributed by atoms with Crippen molar-refractivity contribution in [2.24, 2.45) is 0 Å². The minimum atomic E-state index is 0.892. The lowest BCUT2D eigenvalue weighted by atomic mass is 10.0. The largest absolute Gasteiger partial charge is 0.496 e. The third-order valence-electron chi connectivity index (χ3n) is 2.22. The Morgan fingerprint density at radius 1 is 1.29 bits per heavy atom. The molecule has 0 aliphatic rings. The summed E-state index contributed by atoms with van der Waals surface area (Å²) < 4.78 is 5.30. The van der Waals surface area contributed by atoms with Gasteiger partial charge in [-0.3, -0.25) is 0 Å². The number of methoxy groups -OCH3 is 1. The lowest BCUT2D eigenvalue weighted by Crippen LogP contribution is -1.92. The molecule has 0 aliphatic carbocycles. The van der Waals surface area contributed by atoms with Crippen LogP contribution in [0.15, 0.2) is 24.8 Å². The number of hydrogen-bond acceptors (Lipinski definition) is 1. The molecule has 1 aromatic rings. The van der Waals surface area contributed by atoms with E-state index in [0.717, 1.165) is 16.9 Å². The van der Waals surface area contributed by atoms with Crippen molar-refractivity contribution in [3.8, 4) is 5.75 Å². The summed E-state index contributed by atoms with van der Waals surface area (Å²) >= 11 is 0. The van der Waals surface area contributed by atoms with E-state index in [1.807, 2.05) is 37.3 Å². The number of ether oxygens (including phenoxy) is 1. The summed E-state index contributed by atoms with van der Waals surface area (Å²) in [6.45, 7) is 7.89. The van der Waals surface area contributed by atoms with E-state index in [4.69, 9.17) is 4.74 Å². The van der Waals surface area contributed by atoms with Crippen LogP contribution in [0.25, 0.3) is 12.2 Å². The van der Waals surface area contributed by atoms with Crippen LogP contribution in [0, 0.1) is 6.92 Å². The number of aryl methyl sites for hydroxylation is 1. The first-order valence-corrected chi connectivity index (χ1v) is 4.67. The molecule has 0 radical (unpaired) electrons. The number of benzene rings is 1. The summed E-state index contributed by atoms with van der Waals surface area (Å²) in [6, 6.07) is 4.03. The average molecular weight is 188 g/mol. The molecule has 0 amide bonds. The van der Waals surface area contributed by atoms with Crippen LogP contribution in [0.2, 0.25) is 0 Å². The van der Waals surface area contributed by atoms with Gasteiger partial charge < -0.3 is 4.74 Å². The molecule has 1 nitrogen and oxygen atoms in total. The first-order valence-electron chi connectivity index (χ1n) is 4.67. The fraction of sp³-hybridized carbons (Fsp3) is 0.231. The molecule has 0 N–H and O–H groups in total. The van der Waals surface area contributed by atoms with E-state index >= 15 is 0 Å². The molecule has 1 aromatic carbocycles. The van der Waals surface area contributed by atoms with Crippen molar-refractivity contribution in [2.75, 3.05) is 7.11 Å². The van der Waals surface area contributed by atoms with Crippen LogP contribution in [0.1, 0.15) is 23.6 Å². The number of hydrogen-bond donors (Lipinski definition) is 0. The molecule has 0 heterocycles. The van der Waals surface area contributed by atoms with Crippen LogP contribution >= 0.6 is 0 Å². The lowest BCUT2D eigenvalue weighted by molar-refractivity contribution is 0.413. The van der Waals surface area contributed by atoms with E-state index in [1.54, 1.807) is 7.11 Å². The molecule has 0 spiro atoms. The minimum Gasteiger partial charge on any atom is -0.496 e. The molecular weight excluding hydrogens is 172 g/mol. The summed E-state index contributed by atoms with van der Waals surface area (Å²) in [7, 11) is 1.69. The van der Waals surface area contributed by atoms with Gasteiger partial charge in [-0.15, -0.1) is 0 Å². The van der Waals surface area contributed by atoms with Gasteiger partial charge in [-0.1, -0.05) is 30.9 Å². The highest BCUT2D eigenvalue weighted by atomic mass is 16.5. The van der Waals surface area contributed by atoms with Crippen LogP contribution in [-0.4, -0.2) is 7.11 Å². The molecule has 0 saturated carbocycles. The normalized spacial score (nSPS) is 10.5. The summed E-state index contributed by atoms with van der Waals surface area (Å²) in [5.41, 5.74) is 3.46. The second-order valence-corrected chi connectivity index (χ2v) is 3.12. The van der Waals surface area contributed by atoms with Gasteiger partial charge in [-0.2, -0.15) is 0 Å². The monoisotopic (exact) mass is 188 g/mol. The first-order chi connectivity index (χ1) is 6.74. The van der Waals surface area contributed by atoms with Crippen molar-refractivity contribution in [2.45, 2.75) is 13.8 Å². The molecule has 0 aromatic heterocycles. The first kappa shape index (κ1) is 10.6. The zero-order chi connectivity index (χ0) is 10.6. The van der Waals surface area contributed by atoms with Gasteiger partial charge in [0.15, 0.2) is 0 Å². The summed E-state index contributed by atoms with van der Waals surface area (Å²) in [6.07, 6.45) is 5.92. The van der Waals surface area contributed by atoms with Crippen molar-refractivity contribution in [3.05, 3.63) is 41.5 Å².